The van der Waals surface area contributed by atoms with E-state index in [1.165, 1.54) is 12.4 Å². The Bertz CT molecular complexity index is 731. The molecule has 0 unspecified atom stereocenters. The van der Waals surface area contributed by atoms with Crippen LogP contribution >= 0.6 is 27.7 Å². The zero-order chi connectivity index (χ0) is 13.2. The summed E-state index contributed by atoms with van der Waals surface area (Å²) in [6.07, 6.45) is 3.09. The highest BCUT2D eigenvalue weighted by atomic mass is 79.9. The van der Waals surface area contributed by atoms with E-state index in [0.29, 0.717) is 15.9 Å². The molecule has 0 aliphatic rings. The minimum atomic E-state index is -0.258. The van der Waals surface area contributed by atoms with Gasteiger partial charge in [-0.25, -0.2) is 19.3 Å². The van der Waals surface area contributed by atoms with Crippen molar-refractivity contribution in [1.82, 2.24) is 19.9 Å². The second-order valence-corrected chi connectivity index (χ2v) is 5.64. The summed E-state index contributed by atoms with van der Waals surface area (Å²) in [6, 6.07) is 4.98. The molecule has 2 aromatic heterocycles. The number of thioether (sulfide) groups is 1. The third-order valence-corrected chi connectivity index (χ3v) is 4.22. The molecule has 0 bridgehead atoms. The minimum absolute atomic E-state index is 0.258. The van der Waals surface area contributed by atoms with Crippen molar-refractivity contribution in [3.63, 3.8) is 0 Å². The Labute approximate surface area is 121 Å². The Morgan fingerprint density at radius 2 is 2.16 bits per heavy atom. The Balaban J connectivity index is 1.82. The van der Waals surface area contributed by atoms with Gasteiger partial charge in [-0.15, -0.1) is 0 Å². The number of hydrogen-bond acceptors (Lipinski definition) is 4. The zero-order valence-corrected chi connectivity index (χ0v) is 12.0. The molecule has 0 saturated heterocycles. The quantitative estimate of drug-likeness (QED) is 0.586. The number of imidazole rings is 1. The van der Waals surface area contributed by atoms with Crippen molar-refractivity contribution in [2.75, 3.05) is 0 Å². The van der Waals surface area contributed by atoms with Gasteiger partial charge in [-0.05, 0) is 33.6 Å². The third-order valence-electron chi connectivity index (χ3n) is 2.55. The van der Waals surface area contributed by atoms with E-state index < -0.39 is 0 Å². The molecule has 0 aliphatic carbocycles. The van der Waals surface area contributed by atoms with Gasteiger partial charge in [-0.2, -0.15) is 0 Å². The number of aromatic amines is 1. The predicted molar refractivity (Wildman–Crippen MR) is 75.3 cm³/mol. The first kappa shape index (κ1) is 12.6. The van der Waals surface area contributed by atoms with Crippen LogP contribution in [0.1, 0.15) is 5.56 Å². The lowest BCUT2D eigenvalue weighted by Crippen LogP contribution is -1.88. The van der Waals surface area contributed by atoms with Gasteiger partial charge in [0, 0.05) is 5.75 Å². The van der Waals surface area contributed by atoms with Gasteiger partial charge < -0.3 is 4.98 Å². The smallest absolute Gasteiger partial charge is 0.181 e. The molecule has 7 heteroatoms. The van der Waals surface area contributed by atoms with Gasteiger partial charge in [-0.1, -0.05) is 17.8 Å². The molecule has 1 aromatic carbocycles. The van der Waals surface area contributed by atoms with Crippen molar-refractivity contribution in [2.45, 2.75) is 10.8 Å². The molecule has 1 N–H and O–H groups in total. The lowest BCUT2D eigenvalue weighted by atomic mass is 10.2. The summed E-state index contributed by atoms with van der Waals surface area (Å²) in [4.78, 5) is 15.4. The molecule has 96 valence electrons. The van der Waals surface area contributed by atoms with E-state index in [-0.39, 0.29) is 5.82 Å². The van der Waals surface area contributed by atoms with Crippen molar-refractivity contribution >= 4 is 38.9 Å². The molecule has 0 atom stereocenters. The van der Waals surface area contributed by atoms with Crippen LogP contribution < -0.4 is 0 Å². The number of halogens is 2. The van der Waals surface area contributed by atoms with Crippen LogP contribution in [-0.2, 0) is 5.75 Å². The van der Waals surface area contributed by atoms with Crippen molar-refractivity contribution in [2.24, 2.45) is 0 Å². The molecule has 4 nitrogen and oxygen atoms in total. The molecular formula is C12H8BrFN4S. The molecular weight excluding hydrogens is 331 g/mol. The summed E-state index contributed by atoms with van der Waals surface area (Å²) in [5.41, 5.74) is 2.50. The van der Waals surface area contributed by atoms with Gasteiger partial charge in [0.1, 0.15) is 22.7 Å². The fourth-order valence-electron chi connectivity index (χ4n) is 1.63. The summed E-state index contributed by atoms with van der Waals surface area (Å²) in [5, 5.41) is 0.836. The molecule has 0 spiro atoms. The SMILES string of the molecule is Fc1ccc(CSc2ncnc3nc[nH]c23)cc1Br. The van der Waals surface area contributed by atoms with Crippen molar-refractivity contribution < 1.29 is 4.39 Å². The molecule has 0 amide bonds. The number of nitrogens with zero attached hydrogens (tertiary/aromatic N) is 3. The monoisotopic (exact) mass is 338 g/mol. The van der Waals surface area contributed by atoms with Crippen LogP contribution in [-0.4, -0.2) is 19.9 Å². The van der Waals surface area contributed by atoms with Gasteiger partial charge in [0.05, 0.1) is 10.8 Å². The second kappa shape index (κ2) is 5.26. The average molecular weight is 339 g/mol. The summed E-state index contributed by atoms with van der Waals surface area (Å²) < 4.78 is 13.6. The van der Waals surface area contributed by atoms with Gasteiger partial charge in [0.15, 0.2) is 5.65 Å². The molecule has 19 heavy (non-hydrogen) atoms. The highest BCUT2D eigenvalue weighted by Crippen LogP contribution is 2.27. The van der Waals surface area contributed by atoms with E-state index in [2.05, 4.69) is 35.9 Å². The van der Waals surface area contributed by atoms with Crippen molar-refractivity contribution in [3.8, 4) is 0 Å². The summed E-state index contributed by atoms with van der Waals surface area (Å²) >= 11 is 4.74. The first-order valence-corrected chi connectivity index (χ1v) is 7.23. The van der Waals surface area contributed by atoms with E-state index in [1.807, 2.05) is 0 Å². The van der Waals surface area contributed by atoms with Crippen LogP contribution in [0.25, 0.3) is 11.2 Å². The Morgan fingerprint density at radius 3 is 3.00 bits per heavy atom. The predicted octanol–water partition coefficient (Wildman–Crippen LogP) is 3.55. The van der Waals surface area contributed by atoms with E-state index in [0.717, 1.165) is 16.1 Å². The minimum Gasteiger partial charge on any atom is -0.341 e. The van der Waals surface area contributed by atoms with Crippen LogP contribution in [0.4, 0.5) is 4.39 Å². The third kappa shape index (κ3) is 2.62. The molecule has 0 saturated carbocycles. The van der Waals surface area contributed by atoms with E-state index in [4.69, 9.17) is 0 Å². The maximum absolute atomic E-state index is 13.1. The van der Waals surface area contributed by atoms with E-state index in [1.54, 1.807) is 30.2 Å². The lowest BCUT2D eigenvalue weighted by molar-refractivity contribution is 0.620. The summed E-state index contributed by atoms with van der Waals surface area (Å²) in [5.74, 6) is 0.441. The van der Waals surface area contributed by atoms with Gasteiger partial charge in [0.2, 0.25) is 0 Å². The van der Waals surface area contributed by atoms with E-state index >= 15 is 0 Å². The molecule has 2 heterocycles. The topological polar surface area (TPSA) is 54.5 Å². The number of nitrogens with one attached hydrogen (secondary N) is 1. The normalized spacial score (nSPS) is 11.1. The molecule has 3 aromatic rings. The molecule has 3 rings (SSSR count). The first-order valence-electron chi connectivity index (χ1n) is 5.45. The van der Waals surface area contributed by atoms with E-state index in [9.17, 15) is 4.39 Å². The second-order valence-electron chi connectivity index (χ2n) is 3.82. The number of hydrogen-bond donors (Lipinski definition) is 1. The maximum atomic E-state index is 13.1. The van der Waals surface area contributed by atoms with Gasteiger partial charge in [-0.3, -0.25) is 0 Å². The molecule has 0 aliphatic heterocycles. The number of rotatable bonds is 3. The highest BCUT2D eigenvalue weighted by molar-refractivity contribution is 9.10. The highest BCUT2D eigenvalue weighted by Gasteiger charge is 2.07. The fraction of sp³-hybridized carbons (Fsp3) is 0.0833. The zero-order valence-electron chi connectivity index (χ0n) is 9.60. The van der Waals surface area contributed by atoms with Gasteiger partial charge >= 0.3 is 0 Å². The van der Waals surface area contributed by atoms with Crippen molar-refractivity contribution in [3.05, 3.63) is 46.7 Å². The number of H-pyrrole nitrogens is 1. The number of fused-ring (bicyclic) bond motifs is 1. The molecule has 0 radical (unpaired) electrons. The first-order chi connectivity index (χ1) is 9.24. The van der Waals surface area contributed by atoms with Crippen LogP contribution in [0, 0.1) is 5.82 Å². The standard InChI is InChI=1S/C12H8BrFN4S/c13-8-3-7(1-2-9(8)14)4-19-12-10-11(16-5-15-10)17-6-18-12/h1-3,5-6H,4H2,(H,15,16,17,18). The summed E-state index contributed by atoms with van der Waals surface area (Å²) in [6.45, 7) is 0. The van der Waals surface area contributed by atoms with Crippen LogP contribution in [0.5, 0.6) is 0 Å². The van der Waals surface area contributed by atoms with Crippen LogP contribution in [0.3, 0.4) is 0 Å². The number of benzene rings is 1. The van der Waals surface area contributed by atoms with Crippen LogP contribution in [0.2, 0.25) is 0 Å². The Kier molecular flexibility index (Phi) is 3.48. The van der Waals surface area contributed by atoms with Gasteiger partial charge in [0.25, 0.3) is 0 Å². The largest absolute Gasteiger partial charge is 0.341 e. The lowest BCUT2D eigenvalue weighted by Gasteiger charge is -2.03. The fourth-order valence-corrected chi connectivity index (χ4v) is 2.96. The number of aromatic nitrogens is 4. The van der Waals surface area contributed by atoms with Crippen LogP contribution in [0.15, 0.2) is 40.4 Å². The molecule has 0 fully saturated rings. The Hall–Kier alpha value is -1.47. The maximum Gasteiger partial charge on any atom is 0.181 e. The Morgan fingerprint density at radius 1 is 1.26 bits per heavy atom. The summed E-state index contributed by atoms with van der Waals surface area (Å²) in [7, 11) is 0. The van der Waals surface area contributed by atoms with Crippen molar-refractivity contribution in [1.29, 1.82) is 0 Å². The average Bonchev–Trinajstić information content (AvgIpc) is 2.89.